The number of piperazine rings is 1. The molecule has 1 aromatic carbocycles. The number of carbonyl (C=O) groups is 2. The van der Waals surface area contributed by atoms with E-state index >= 15 is 0 Å². The van der Waals surface area contributed by atoms with E-state index in [1.54, 1.807) is 22.8 Å². The van der Waals surface area contributed by atoms with Crippen molar-refractivity contribution in [1.29, 1.82) is 0 Å². The number of aryl methyl sites for hydroxylation is 1. The summed E-state index contributed by atoms with van der Waals surface area (Å²) in [6.07, 6.45) is 1.00. The second kappa shape index (κ2) is 7.80. The molecule has 1 aromatic heterocycles. The van der Waals surface area contributed by atoms with Gasteiger partial charge < -0.3 is 14.3 Å². The molecule has 2 amide bonds. The Balaban J connectivity index is 1.67. The molecule has 0 saturated carbocycles. The average molecular weight is 427 g/mol. The molecule has 150 valence electrons. The van der Waals surface area contributed by atoms with Crippen LogP contribution in [-0.4, -0.2) is 67.6 Å². The molecule has 0 unspecified atom stereocenters. The summed E-state index contributed by atoms with van der Waals surface area (Å²) in [4.78, 5) is 28.3. The van der Waals surface area contributed by atoms with Gasteiger partial charge in [0, 0.05) is 37.8 Å². The summed E-state index contributed by atoms with van der Waals surface area (Å²) in [6, 6.07) is 5.98. The van der Waals surface area contributed by atoms with Crippen LogP contribution in [0.15, 0.2) is 28.8 Å². The van der Waals surface area contributed by atoms with Gasteiger partial charge in [0.15, 0.2) is 0 Å². The van der Waals surface area contributed by atoms with Crippen molar-refractivity contribution in [1.82, 2.24) is 15.0 Å². The number of nitrogens with one attached hydrogen (secondary N) is 1. The summed E-state index contributed by atoms with van der Waals surface area (Å²) in [7, 11) is -3.53. The lowest BCUT2D eigenvalue weighted by Crippen LogP contribution is -2.50. The van der Waals surface area contributed by atoms with E-state index in [2.05, 4.69) is 9.88 Å². The van der Waals surface area contributed by atoms with E-state index in [0.717, 1.165) is 6.26 Å². The summed E-state index contributed by atoms with van der Waals surface area (Å²) in [5, 5.41) is 3.90. The Morgan fingerprint density at radius 1 is 1.11 bits per heavy atom. The molecule has 0 atom stereocenters. The zero-order valence-corrected chi connectivity index (χ0v) is 16.9. The Hall–Kier alpha value is -2.59. The minimum atomic E-state index is -3.53. The summed E-state index contributed by atoms with van der Waals surface area (Å²) < 4.78 is 30.2. The highest BCUT2D eigenvalue weighted by molar-refractivity contribution is 7.92. The number of benzene rings is 1. The number of hydrogen-bond donors (Lipinski definition) is 1. The highest BCUT2D eigenvalue weighted by Crippen LogP contribution is 2.25. The molecular formula is C17H19ClN4O5S. The lowest BCUT2D eigenvalue weighted by molar-refractivity contribution is 0.0513. The summed E-state index contributed by atoms with van der Waals surface area (Å²) in [6.45, 7) is 3.12. The van der Waals surface area contributed by atoms with Crippen molar-refractivity contribution >= 4 is 39.1 Å². The van der Waals surface area contributed by atoms with E-state index in [9.17, 15) is 18.0 Å². The molecule has 9 nitrogen and oxygen atoms in total. The fraction of sp³-hybridized carbons (Fsp3) is 0.353. The molecule has 2 heterocycles. The van der Waals surface area contributed by atoms with Crippen LogP contribution in [0.2, 0.25) is 5.02 Å². The lowest BCUT2D eigenvalue weighted by Gasteiger charge is -2.34. The number of hydrogen-bond acceptors (Lipinski definition) is 6. The highest BCUT2D eigenvalue weighted by atomic mass is 35.5. The van der Waals surface area contributed by atoms with Crippen molar-refractivity contribution in [2.75, 3.05) is 37.2 Å². The van der Waals surface area contributed by atoms with E-state index in [4.69, 9.17) is 16.1 Å². The van der Waals surface area contributed by atoms with Gasteiger partial charge in [-0.15, -0.1) is 0 Å². The maximum absolute atomic E-state index is 12.8. The van der Waals surface area contributed by atoms with Gasteiger partial charge in [0.2, 0.25) is 15.8 Å². The maximum atomic E-state index is 12.8. The standard InChI is InChI=1S/C17H19ClN4O5S/c1-11-9-15(27-19-11)17(24)22-7-5-21(6-8-22)16(23)12-3-4-13(18)14(10-12)20-28(2,25)26/h3-4,9-10,20H,5-8H2,1-2H3. The Morgan fingerprint density at radius 3 is 2.25 bits per heavy atom. The van der Waals surface area contributed by atoms with E-state index in [-0.39, 0.29) is 28.3 Å². The van der Waals surface area contributed by atoms with Gasteiger partial charge in [-0.2, -0.15) is 0 Å². The molecule has 11 heteroatoms. The molecule has 1 saturated heterocycles. The average Bonchev–Trinajstić information content (AvgIpc) is 3.08. The second-order valence-electron chi connectivity index (χ2n) is 6.49. The van der Waals surface area contributed by atoms with Crippen molar-refractivity contribution in [3.63, 3.8) is 0 Å². The predicted octanol–water partition coefficient (Wildman–Crippen LogP) is 1.61. The third-order valence-corrected chi connectivity index (χ3v) is 5.12. The van der Waals surface area contributed by atoms with Gasteiger partial charge in [-0.3, -0.25) is 14.3 Å². The first kappa shape index (κ1) is 20.2. The number of sulfonamides is 1. The number of carbonyl (C=O) groups excluding carboxylic acids is 2. The minimum Gasteiger partial charge on any atom is -0.351 e. The first-order valence-electron chi connectivity index (χ1n) is 8.43. The van der Waals surface area contributed by atoms with E-state index in [1.165, 1.54) is 18.2 Å². The third-order valence-electron chi connectivity index (χ3n) is 4.20. The SMILES string of the molecule is Cc1cc(C(=O)N2CCN(C(=O)c3ccc(Cl)c(NS(C)(=O)=O)c3)CC2)on1. The molecule has 0 bridgehead atoms. The predicted molar refractivity (Wildman–Crippen MR) is 103 cm³/mol. The lowest BCUT2D eigenvalue weighted by atomic mass is 10.1. The molecule has 0 aliphatic carbocycles. The van der Waals surface area contributed by atoms with Gasteiger partial charge in [-0.05, 0) is 25.1 Å². The highest BCUT2D eigenvalue weighted by Gasteiger charge is 2.27. The molecule has 1 aliphatic rings. The number of halogens is 1. The number of amides is 2. The Morgan fingerprint density at radius 2 is 1.71 bits per heavy atom. The van der Waals surface area contributed by atoms with Crippen molar-refractivity contribution in [3.05, 3.63) is 46.3 Å². The largest absolute Gasteiger partial charge is 0.351 e. The number of rotatable bonds is 4. The number of anilines is 1. The molecule has 0 spiro atoms. The molecular weight excluding hydrogens is 408 g/mol. The van der Waals surface area contributed by atoms with Gasteiger partial charge in [-0.1, -0.05) is 16.8 Å². The van der Waals surface area contributed by atoms with Gasteiger partial charge >= 0.3 is 0 Å². The van der Waals surface area contributed by atoms with Crippen molar-refractivity contribution in [2.45, 2.75) is 6.92 Å². The monoisotopic (exact) mass is 426 g/mol. The molecule has 1 N–H and O–H groups in total. The van der Waals surface area contributed by atoms with Crippen LogP contribution in [0.3, 0.4) is 0 Å². The van der Waals surface area contributed by atoms with Crippen LogP contribution >= 0.6 is 11.6 Å². The van der Waals surface area contributed by atoms with Gasteiger partial charge in [-0.25, -0.2) is 8.42 Å². The molecule has 1 fully saturated rings. The van der Waals surface area contributed by atoms with Crippen molar-refractivity contribution in [2.24, 2.45) is 0 Å². The normalized spacial score (nSPS) is 14.8. The Kier molecular flexibility index (Phi) is 5.61. The van der Waals surface area contributed by atoms with E-state index < -0.39 is 10.0 Å². The van der Waals surface area contributed by atoms with Crippen LogP contribution in [0.1, 0.15) is 26.6 Å². The third kappa shape index (κ3) is 4.63. The van der Waals surface area contributed by atoms with Crippen LogP contribution in [0, 0.1) is 6.92 Å². The van der Waals surface area contributed by atoms with E-state index in [1.807, 2.05) is 0 Å². The second-order valence-corrected chi connectivity index (χ2v) is 8.64. The topological polar surface area (TPSA) is 113 Å². The van der Waals surface area contributed by atoms with Gasteiger partial charge in [0.25, 0.3) is 11.8 Å². The summed E-state index contributed by atoms with van der Waals surface area (Å²) >= 11 is 6.00. The molecule has 0 radical (unpaired) electrons. The van der Waals surface area contributed by atoms with Crippen LogP contribution < -0.4 is 4.72 Å². The quantitative estimate of drug-likeness (QED) is 0.794. The van der Waals surface area contributed by atoms with Crippen LogP contribution in [-0.2, 0) is 10.0 Å². The van der Waals surface area contributed by atoms with Crippen molar-refractivity contribution in [3.8, 4) is 0 Å². The molecule has 2 aromatic rings. The van der Waals surface area contributed by atoms with Crippen LogP contribution in [0.25, 0.3) is 0 Å². The first-order chi connectivity index (χ1) is 13.1. The molecule has 28 heavy (non-hydrogen) atoms. The maximum Gasteiger partial charge on any atom is 0.292 e. The minimum absolute atomic E-state index is 0.143. The van der Waals surface area contributed by atoms with Gasteiger partial charge in [0.1, 0.15) is 0 Å². The Bertz CT molecular complexity index is 1010. The first-order valence-corrected chi connectivity index (χ1v) is 10.7. The van der Waals surface area contributed by atoms with E-state index in [0.29, 0.717) is 37.4 Å². The summed E-state index contributed by atoms with van der Waals surface area (Å²) in [5.74, 6) is -0.360. The summed E-state index contributed by atoms with van der Waals surface area (Å²) in [5.41, 5.74) is 1.07. The molecule has 3 rings (SSSR count). The van der Waals surface area contributed by atoms with Gasteiger partial charge in [0.05, 0.1) is 22.7 Å². The zero-order chi connectivity index (χ0) is 20.5. The smallest absolute Gasteiger partial charge is 0.292 e. The molecule has 1 aliphatic heterocycles. The Labute approximate surface area is 167 Å². The number of aromatic nitrogens is 1. The number of nitrogens with zero attached hydrogens (tertiary/aromatic N) is 3. The van der Waals surface area contributed by atoms with Crippen molar-refractivity contribution < 1.29 is 22.5 Å². The van der Waals surface area contributed by atoms with Crippen LogP contribution in [0.5, 0.6) is 0 Å². The fourth-order valence-corrected chi connectivity index (χ4v) is 3.64. The zero-order valence-electron chi connectivity index (χ0n) is 15.3. The van der Waals surface area contributed by atoms with Crippen LogP contribution in [0.4, 0.5) is 5.69 Å². The fourth-order valence-electron chi connectivity index (χ4n) is 2.85.